The molecule has 0 amide bonds. The van der Waals surface area contributed by atoms with Crippen molar-refractivity contribution in [2.45, 2.75) is 53.0 Å². The van der Waals surface area contributed by atoms with Crippen LogP contribution in [0.15, 0.2) is 12.5 Å². The molecule has 4 heteroatoms. The van der Waals surface area contributed by atoms with Gasteiger partial charge in [0.2, 0.25) is 0 Å². The SMILES string of the molecule is Cc1cn(C(C)(C)CCC(C)(C)CN2CCN(C)CC2)cn1. The van der Waals surface area contributed by atoms with Crippen LogP contribution in [-0.2, 0) is 5.54 Å². The van der Waals surface area contributed by atoms with Gasteiger partial charge >= 0.3 is 0 Å². The third-order valence-corrected chi connectivity index (χ3v) is 5.07. The number of hydrogen-bond acceptors (Lipinski definition) is 3. The first-order valence-electron chi connectivity index (χ1n) is 8.60. The molecule has 0 radical (unpaired) electrons. The molecule has 0 atom stereocenters. The first-order valence-corrected chi connectivity index (χ1v) is 8.60. The zero-order valence-corrected chi connectivity index (χ0v) is 15.4. The second kappa shape index (κ2) is 6.71. The molecule has 1 saturated heterocycles. The summed E-state index contributed by atoms with van der Waals surface area (Å²) in [6.45, 7) is 17.6. The Morgan fingerprint density at radius 3 is 2.23 bits per heavy atom. The van der Waals surface area contributed by atoms with E-state index in [0.717, 1.165) is 5.69 Å². The second-order valence-electron chi connectivity index (χ2n) is 8.48. The quantitative estimate of drug-likeness (QED) is 0.807. The molecule has 126 valence electrons. The van der Waals surface area contributed by atoms with Crippen molar-refractivity contribution < 1.29 is 0 Å². The van der Waals surface area contributed by atoms with E-state index < -0.39 is 0 Å². The zero-order chi connectivity index (χ0) is 16.4. The highest BCUT2D eigenvalue weighted by atomic mass is 15.2. The first kappa shape index (κ1) is 17.5. The maximum absolute atomic E-state index is 4.38. The molecule has 0 aliphatic carbocycles. The Morgan fingerprint density at radius 1 is 1.05 bits per heavy atom. The number of nitrogens with zero attached hydrogens (tertiary/aromatic N) is 4. The van der Waals surface area contributed by atoms with Crippen LogP contribution in [-0.4, -0.2) is 59.1 Å². The molecular formula is C18H34N4. The van der Waals surface area contributed by atoms with Crippen LogP contribution in [0.5, 0.6) is 0 Å². The van der Waals surface area contributed by atoms with Gasteiger partial charge in [-0.2, -0.15) is 0 Å². The van der Waals surface area contributed by atoms with Crippen LogP contribution in [0.2, 0.25) is 0 Å². The van der Waals surface area contributed by atoms with Crippen molar-refractivity contribution in [2.24, 2.45) is 5.41 Å². The molecular weight excluding hydrogens is 272 g/mol. The maximum atomic E-state index is 4.38. The Labute approximate surface area is 136 Å². The number of piperazine rings is 1. The standard InChI is InChI=1S/C18H34N4/c1-16-13-22(15-19-16)18(4,5)8-7-17(2,3)14-21-11-9-20(6)10-12-21/h13,15H,7-12,14H2,1-6H3. The van der Waals surface area contributed by atoms with Gasteiger partial charge in [0.1, 0.15) is 0 Å². The van der Waals surface area contributed by atoms with E-state index in [2.05, 4.69) is 67.2 Å². The largest absolute Gasteiger partial charge is 0.332 e. The average Bonchev–Trinajstić information content (AvgIpc) is 2.87. The van der Waals surface area contributed by atoms with Crippen LogP contribution in [0.3, 0.4) is 0 Å². The summed E-state index contributed by atoms with van der Waals surface area (Å²) in [6.07, 6.45) is 6.56. The normalized spacial score (nSPS) is 18.8. The van der Waals surface area contributed by atoms with Crippen LogP contribution < -0.4 is 0 Å². The molecule has 0 aromatic carbocycles. The number of likely N-dealkylation sites (N-methyl/N-ethyl adjacent to an activating group) is 1. The van der Waals surface area contributed by atoms with E-state index in [1.807, 2.05) is 6.33 Å². The molecule has 1 aromatic rings. The number of rotatable bonds is 6. The number of imidazole rings is 1. The fourth-order valence-electron chi connectivity index (χ4n) is 3.22. The number of aromatic nitrogens is 2. The van der Waals surface area contributed by atoms with Gasteiger partial charge in [-0.05, 0) is 46.1 Å². The number of aryl methyl sites for hydroxylation is 1. The lowest BCUT2D eigenvalue weighted by Gasteiger charge is -2.39. The third kappa shape index (κ3) is 4.82. The van der Waals surface area contributed by atoms with Gasteiger partial charge in [0.15, 0.2) is 0 Å². The Balaban J connectivity index is 1.86. The van der Waals surface area contributed by atoms with Crippen LogP contribution >= 0.6 is 0 Å². The van der Waals surface area contributed by atoms with Crippen molar-refractivity contribution in [3.05, 3.63) is 18.2 Å². The molecule has 0 saturated carbocycles. The predicted octanol–water partition coefficient (Wildman–Crippen LogP) is 2.98. The van der Waals surface area contributed by atoms with Crippen LogP contribution in [0.4, 0.5) is 0 Å². The Morgan fingerprint density at radius 2 is 1.68 bits per heavy atom. The lowest BCUT2D eigenvalue weighted by atomic mass is 9.82. The Kier molecular flexibility index (Phi) is 5.33. The van der Waals surface area contributed by atoms with Crippen molar-refractivity contribution in [3.63, 3.8) is 0 Å². The van der Waals surface area contributed by atoms with E-state index in [0.29, 0.717) is 5.41 Å². The fourth-order valence-corrected chi connectivity index (χ4v) is 3.22. The molecule has 1 fully saturated rings. The van der Waals surface area contributed by atoms with Gasteiger partial charge in [-0.3, -0.25) is 0 Å². The van der Waals surface area contributed by atoms with E-state index >= 15 is 0 Å². The molecule has 1 aromatic heterocycles. The van der Waals surface area contributed by atoms with Gasteiger partial charge in [0.05, 0.1) is 12.0 Å². The lowest BCUT2D eigenvalue weighted by Crippen LogP contribution is -2.47. The second-order valence-corrected chi connectivity index (χ2v) is 8.48. The van der Waals surface area contributed by atoms with E-state index in [-0.39, 0.29) is 5.54 Å². The molecule has 2 rings (SSSR count). The highest BCUT2D eigenvalue weighted by molar-refractivity contribution is 4.97. The maximum Gasteiger partial charge on any atom is 0.0954 e. The van der Waals surface area contributed by atoms with E-state index in [4.69, 9.17) is 0 Å². The molecule has 1 aliphatic rings. The highest BCUT2D eigenvalue weighted by Gasteiger charge is 2.28. The van der Waals surface area contributed by atoms with Crippen LogP contribution in [0.1, 0.15) is 46.2 Å². The van der Waals surface area contributed by atoms with Crippen molar-refractivity contribution in [3.8, 4) is 0 Å². The van der Waals surface area contributed by atoms with Gasteiger partial charge in [-0.25, -0.2) is 4.98 Å². The average molecular weight is 306 g/mol. The summed E-state index contributed by atoms with van der Waals surface area (Å²) in [5, 5.41) is 0. The summed E-state index contributed by atoms with van der Waals surface area (Å²) in [5.41, 5.74) is 1.61. The van der Waals surface area contributed by atoms with Crippen molar-refractivity contribution in [2.75, 3.05) is 39.8 Å². The molecule has 2 heterocycles. The summed E-state index contributed by atoms with van der Waals surface area (Å²) < 4.78 is 2.27. The summed E-state index contributed by atoms with van der Waals surface area (Å²) in [6, 6.07) is 0. The lowest BCUT2D eigenvalue weighted by molar-refractivity contribution is 0.0995. The molecule has 0 N–H and O–H groups in total. The Hall–Kier alpha value is -0.870. The van der Waals surface area contributed by atoms with Gasteiger partial charge in [0, 0.05) is 44.5 Å². The van der Waals surface area contributed by atoms with Gasteiger partial charge in [-0.1, -0.05) is 13.8 Å². The summed E-state index contributed by atoms with van der Waals surface area (Å²) in [7, 11) is 2.22. The molecule has 1 aliphatic heterocycles. The van der Waals surface area contributed by atoms with Crippen molar-refractivity contribution >= 4 is 0 Å². The fraction of sp³-hybridized carbons (Fsp3) is 0.833. The summed E-state index contributed by atoms with van der Waals surface area (Å²) in [4.78, 5) is 9.44. The van der Waals surface area contributed by atoms with E-state index in [1.165, 1.54) is 45.6 Å². The minimum atomic E-state index is 0.140. The number of hydrogen-bond donors (Lipinski definition) is 0. The first-order chi connectivity index (χ1) is 10.2. The molecule has 4 nitrogen and oxygen atoms in total. The summed E-state index contributed by atoms with van der Waals surface area (Å²) in [5.74, 6) is 0. The molecule has 0 unspecified atom stereocenters. The van der Waals surface area contributed by atoms with Gasteiger partial charge < -0.3 is 14.4 Å². The van der Waals surface area contributed by atoms with E-state index in [1.54, 1.807) is 0 Å². The smallest absolute Gasteiger partial charge is 0.0954 e. The zero-order valence-electron chi connectivity index (χ0n) is 15.4. The predicted molar refractivity (Wildman–Crippen MR) is 93.2 cm³/mol. The van der Waals surface area contributed by atoms with Crippen molar-refractivity contribution in [1.29, 1.82) is 0 Å². The molecule has 0 spiro atoms. The van der Waals surface area contributed by atoms with Crippen LogP contribution in [0, 0.1) is 12.3 Å². The minimum absolute atomic E-state index is 0.140. The molecule has 22 heavy (non-hydrogen) atoms. The van der Waals surface area contributed by atoms with Gasteiger partial charge in [-0.15, -0.1) is 0 Å². The van der Waals surface area contributed by atoms with Crippen molar-refractivity contribution in [1.82, 2.24) is 19.4 Å². The van der Waals surface area contributed by atoms with Crippen LogP contribution in [0.25, 0.3) is 0 Å². The molecule has 0 bridgehead atoms. The third-order valence-electron chi connectivity index (χ3n) is 5.07. The van der Waals surface area contributed by atoms with Gasteiger partial charge in [0.25, 0.3) is 0 Å². The Bertz CT molecular complexity index is 467. The monoisotopic (exact) mass is 306 g/mol. The van der Waals surface area contributed by atoms with E-state index in [9.17, 15) is 0 Å². The minimum Gasteiger partial charge on any atom is -0.332 e. The topological polar surface area (TPSA) is 24.3 Å². The summed E-state index contributed by atoms with van der Waals surface area (Å²) >= 11 is 0. The highest BCUT2D eigenvalue weighted by Crippen LogP contribution is 2.31.